The second-order valence-electron chi connectivity index (χ2n) is 8.63. The topological polar surface area (TPSA) is 97.7 Å². The monoisotopic (exact) mass is 408 g/mol. The van der Waals surface area contributed by atoms with Crippen molar-refractivity contribution in [3.63, 3.8) is 0 Å². The molecule has 2 heterocycles. The maximum absolute atomic E-state index is 13.0. The van der Waals surface area contributed by atoms with E-state index in [-0.39, 0.29) is 17.9 Å². The van der Waals surface area contributed by atoms with Gasteiger partial charge in [-0.3, -0.25) is 4.79 Å². The predicted molar refractivity (Wildman–Crippen MR) is 112 cm³/mol. The third-order valence-electron chi connectivity index (χ3n) is 6.79. The van der Waals surface area contributed by atoms with Gasteiger partial charge in [0.05, 0.1) is 13.2 Å². The summed E-state index contributed by atoms with van der Waals surface area (Å²) in [5.74, 6) is 1.71. The molecule has 1 saturated carbocycles. The number of tetrazole rings is 1. The van der Waals surface area contributed by atoms with Gasteiger partial charge in [-0.2, -0.15) is 0 Å². The second-order valence-corrected chi connectivity index (χ2v) is 8.63. The second kappa shape index (κ2) is 8.08. The van der Waals surface area contributed by atoms with Crippen molar-refractivity contribution in [1.29, 1.82) is 0 Å². The first-order valence-corrected chi connectivity index (χ1v) is 10.9. The van der Waals surface area contributed by atoms with Crippen LogP contribution in [0.2, 0.25) is 0 Å². The number of aromatic nitrogens is 5. The Morgan fingerprint density at radius 2 is 2.13 bits per heavy atom. The number of nitrogens with one attached hydrogen (secondary N) is 2. The van der Waals surface area contributed by atoms with Gasteiger partial charge in [-0.05, 0) is 85.1 Å². The number of aryl methyl sites for hydroxylation is 1. The fourth-order valence-corrected chi connectivity index (χ4v) is 5.14. The number of hydrogen-bond acceptors (Lipinski definition) is 5. The minimum Gasteiger partial charge on any atom is -0.497 e. The number of methoxy groups -OCH3 is 1. The van der Waals surface area contributed by atoms with Crippen LogP contribution < -0.4 is 10.1 Å². The number of amides is 1. The molecule has 0 unspecified atom stereocenters. The van der Waals surface area contributed by atoms with Crippen molar-refractivity contribution in [2.45, 2.75) is 57.5 Å². The van der Waals surface area contributed by atoms with Gasteiger partial charge in [0.15, 0.2) is 0 Å². The summed E-state index contributed by atoms with van der Waals surface area (Å²) in [5, 5.41) is 15.9. The van der Waals surface area contributed by atoms with E-state index >= 15 is 0 Å². The fourth-order valence-electron chi connectivity index (χ4n) is 5.14. The first-order valence-electron chi connectivity index (χ1n) is 10.9. The van der Waals surface area contributed by atoms with Gasteiger partial charge in [-0.1, -0.05) is 0 Å². The van der Waals surface area contributed by atoms with E-state index in [0.717, 1.165) is 62.8 Å². The summed E-state index contributed by atoms with van der Waals surface area (Å²) in [7, 11) is 1.70. The molecule has 158 valence electrons. The van der Waals surface area contributed by atoms with Crippen LogP contribution in [0.15, 0.2) is 24.5 Å². The first kappa shape index (κ1) is 19.1. The van der Waals surface area contributed by atoms with Crippen LogP contribution in [-0.2, 0) is 17.8 Å². The van der Waals surface area contributed by atoms with Gasteiger partial charge < -0.3 is 15.0 Å². The quantitative estimate of drug-likeness (QED) is 0.676. The van der Waals surface area contributed by atoms with Crippen molar-refractivity contribution in [1.82, 2.24) is 30.5 Å². The van der Waals surface area contributed by atoms with Crippen LogP contribution in [-0.4, -0.2) is 38.2 Å². The maximum Gasteiger partial charge on any atom is 0.223 e. The van der Waals surface area contributed by atoms with Crippen LogP contribution in [0.25, 0.3) is 10.9 Å². The van der Waals surface area contributed by atoms with Crippen molar-refractivity contribution in [2.24, 2.45) is 11.8 Å². The number of nitrogens with zero attached hydrogens (tertiary/aromatic N) is 4. The lowest BCUT2D eigenvalue weighted by atomic mass is 9.81. The molecule has 1 fully saturated rings. The lowest BCUT2D eigenvalue weighted by molar-refractivity contribution is -0.127. The van der Waals surface area contributed by atoms with Crippen LogP contribution >= 0.6 is 0 Å². The highest BCUT2D eigenvalue weighted by Gasteiger charge is 2.31. The van der Waals surface area contributed by atoms with Crippen LogP contribution in [0.4, 0.5) is 0 Å². The van der Waals surface area contributed by atoms with Crippen molar-refractivity contribution in [3.8, 4) is 5.75 Å². The minimum absolute atomic E-state index is 0.0681. The van der Waals surface area contributed by atoms with Crippen molar-refractivity contribution in [3.05, 3.63) is 35.8 Å². The summed E-state index contributed by atoms with van der Waals surface area (Å²) >= 11 is 0. The van der Waals surface area contributed by atoms with Crippen LogP contribution in [0.5, 0.6) is 5.75 Å². The Balaban J connectivity index is 1.24. The Bertz CT molecular complexity index is 1020. The van der Waals surface area contributed by atoms with Gasteiger partial charge in [-0.25, -0.2) is 4.68 Å². The van der Waals surface area contributed by atoms with Gasteiger partial charge >= 0.3 is 0 Å². The number of ether oxygens (including phenoxy) is 1. The molecule has 0 saturated heterocycles. The van der Waals surface area contributed by atoms with Crippen molar-refractivity contribution < 1.29 is 9.53 Å². The average molecular weight is 409 g/mol. The molecule has 0 bridgehead atoms. The first-order chi connectivity index (χ1) is 14.7. The standard InChI is InChI=1S/C22H28N6O2/c1-30-16-9-10-19-18(11-16)17-3-2-4-20(21(17)24-19)25-22(29)15-7-5-14(6-8-15)12-28-13-23-26-27-28/h9-11,13-15,20,24H,2-8,12H2,1H3,(H,25,29)/t14?,15?,20-/m0/s1. The number of aromatic amines is 1. The lowest BCUT2D eigenvalue weighted by Gasteiger charge is -2.30. The number of H-pyrrole nitrogens is 1. The third-order valence-corrected chi connectivity index (χ3v) is 6.79. The summed E-state index contributed by atoms with van der Waals surface area (Å²) in [4.78, 5) is 16.6. The largest absolute Gasteiger partial charge is 0.497 e. The zero-order chi connectivity index (χ0) is 20.5. The molecule has 2 aliphatic rings. The van der Waals surface area contributed by atoms with E-state index in [1.807, 2.05) is 6.07 Å². The third kappa shape index (κ3) is 3.66. The van der Waals surface area contributed by atoms with Gasteiger partial charge in [-0.15, -0.1) is 5.10 Å². The number of rotatable bonds is 5. The Morgan fingerprint density at radius 1 is 1.27 bits per heavy atom. The molecule has 1 aromatic carbocycles. The Labute approximate surface area is 175 Å². The highest BCUT2D eigenvalue weighted by Crippen LogP contribution is 2.37. The Kier molecular flexibility index (Phi) is 5.14. The molecule has 3 aromatic rings. The van der Waals surface area contributed by atoms with E-state index in [1.165, 1.54) is 16.6 Å². The summed E-state index contributed by atoms with van der Waals surface area (Å²) in [6.45, 7) is 0.839. The fraction of sp³-hybridized carbons (Fsp3) is 0.545. The smallest absolute Gasteiger partial charge is 0.223 e. The number of benzene rings is 1. The minimum atomic E-state index is 0.0681. The molecule has 5 rings (SSSR count). The Morgan fingerprint density at radius 3 is 2.90 bits per heavy atom. The van der Waals surface area contributed by atoms with E-state index in [1.54, 1.807) is 18.1 Å². The molecule has 2 aromatic heterocycles. The Hall–Kier alpha value is -2.90. The molecule has 0 radical (unpaired) electrons. The van der Waals surface area contributed by atoms with E-state index in [4.69, 9.17) is 4.74 Å². The van der Waals surface area contributed by atoms with Gasteiger partial charge in [0.1, 0.15) is 12.1 Å². The molecule has 2 N–H and O–H groups in total. The highest BCUT2D eigenvalue weighted by molar-refractivity contribution is 5.87. The molecular formula is C22H28N6O2. The van der Waals surface area contributed by atoms with Crippen LogP contribution in [0.3, 0.4) is 0 Å². The molecule has 1 amide bonds. The average Bonchev–Trinajstić information content (AvgIpc) is 3.42. The van der Waals surface area contributed by atoms with Crippen molar-refractivity contribution >= 4 is 16.8 Å². The molecule has 0 spiro atoms. The highest BCUT2D eigenvalue weighted by atomic mass is 16.5. The van der Waals surface area contributed by atoms with E-state index in [2.05, 4.69) is 38.0 Å². The molecule has 1 atom stereocenters. The van der Waals surface area contributed by atoms with E-state index < -0.39 is 0 Å². The van der Waals surface area contributed by atoms with Gasteiger partial charge in [0.2, 0.25) is 5.91 Å². The summed E-state index contributed by atoms with van der Waals surface area (Å²) in [6, 6.07) is 6.21. The van der Waals surface area contributed by atoms with E-state index in [9.17, 15) is 4.79 Å². The number of carbonyl (C=O) groups is 1. The molecule has 8 heteroatoms. The molecule has 8 nitrogen and oxygen atoms in total. The summed E-state index contributed by atoms with van der Waals surface area (Å²) in [6.07, 6.45) is 8.72. The van der Waals surface area contributed by atoms with Crippen molar-refractivity contribution in [2.75, 3.05) is 7.11 Å². The van der Waals surface area contributed by atoms with Crippen LogP contribution in [0, 0.1) is 11.8 Å². The molecule has 30 heavy (non-hydrogen) atoms. The number of fused-ring (bicyclic) bond motifs is 3. The van der Waals surface area contributed by atoms with Crippen LogP contribution in [0.1, 0.15) is 55.8 Å². The summed E-state index contributed by atoms with van der Waals surface area (Å²) < 4.78 is 7.19. The molecular weight excluding hydrogens is 380 g/mol. The van der Waals surface area contributed by atoms with Gasteiger partial charge in [0, 0.05) is 29.1 Å². The lowest BCUT2D eigenvalue weighted by Crippen LogP contribution is -2.37. The predicted octanol–water partition coefficient (Wildman–Crippen LogP) is 3.16. The number of hydrogen-bond donors (Lipinski definition) is 2. The molecule has 2 aliphatic carbocycles. The zero-order valence-corrected chi connectivity index (χ0v) is 17.3. The van der Waals surface area contributed by atoms with E-state index in [0.29, 0.717) is 5.92 Å². The maximum atomic E-state index is 13.0. The zero-order valence-electron chi connectivity index (χ0n) is 17.3. The summed E-state index contributed by atoms with van der Waals surface area (Å²) in [5.41, 5.74) is 3.61. The molecule has 0 aliphatic heterocycles. The van der Waals surface area contributed by atoms with Gasteiger partial charge in [0.25, 0.3) is 0 Å². The SMILES string of the molecule is COc1ccc2[nH]c3c(c2c1)CCC[C@@H]3NC(=O)C1CCC(Cn2cnnn2)CC1. The normalized spacial score (nSPS) is 23.8. The number of carbonyl (C=O) groups excluding carboxylic acids is 1.